The van der Waals surface area contributed by atoms with Gasteiger partial charge in [-0.3, -0.25) is 9.59 Å². The van der Waals surface area contributed by atoms with Gasteiger partial charge in [0.15, 0.2) is 0 Å². The van der Waals surface area contributed by atoms with E-state index in [0.717, 1.165) is 10.9 Å². The minimum atomic E-state index is -0.576. The van der Waals surface area contributed by atoms with E-state index < -0.39 is 11.7 Å². The molecule has 2 N–H and O–H groups in total. The first kappa shape index (κ1) is 17.5. The summed E-state index contributed by atoms with van der Waals surface area (Å²) in [6.45, 7) is 1.28. The van der Waals surface area contributed by atoms with E-state index >= 15 is 0 Å². The van der Waals surface area contributed by atoms with E-state index in [2.05, 4.69) is 10.6 Å². The quantitative estimate of drug-likeness (QED) is 0.730. The maximum Gasteiger partial charge on any atom is 0.228 e. The van der Waals surface area contributed by atoms with Crippen LogP contribution in [0.15, 0.2) is 47.1 Å². The summed E-state index contributed by atoms with van der Waals surface area (Å²) in [7, 11) is 1.57. The summed E-state index contributed by atoms with van der Waals surface area (Å²) in [5, 5.41) is 5.88. The van der Waals surface area contributed by atoms with Gasteiger partial charge < -0.3 is 19.8 Å². The molecule has 26 heavy (non-hydrogen) atoms. The second-order valence-corrected chi connectivity index (χ2v) is 5.72. The number of hydrogen-bond donors (Lipinski definition) is 2. The molecule has 0 aliphatic rings. The maximum absolute atomic E-state index is 13.7. The molecule has 0 aliphatic carbocycles. The van der Waals surface area contributed by atoms with E-state index in [4.69, 9.17) is 9.15 Å². The van der Waals surface area contributed by atoms with E-state index in [1.807, 2.05) is 6.07 Å². The monoisotopic (exact) mass is 356 g/mol. The normalized spacial score (nSPS) is 10.6. The highest BCUT2D eigenvalue weighted by atomic mass is 19.1. The summed E-state index contributed by atoms with van der Waals surface area (Å²) in [6.07, 6.45) is 1.61. The van der Waals surface area contributed by atoms with Gasteiger partial charge in [-0.1, -0.05) is 0 Å². The highest BCUT2D eigenvalue weighted by Gasteiger charge is 2.12. The molecular formula is C19H17FN2O4. The number of rotatable bonds is 5. The molecule has 2 aromatic carbocycles. The van der Waals surface area contributed by atoms with Crippen molar-refractivity contribution >= 4 is 34.2 Å². The Bertz CT molecular complexity index is 981. The van der Waals surface area contributed by atoms with Gasteiger partial charge in [-0.15, -0.1) is 0 Å². The fraction of sp³-hybridized carbons (Fsp3) is 0.158. The van der Waals surface area contributed by atoms with Gasteiger partial charge in [0.25, 0.3) is 0 Å². The SMILES string of the molecule is COc1ccc2c(CC(=O)Nc3ccc(F)c(NC(C)=O)c3)coc2c1. The third-order valence-corrected chi connectivity index (χ3v) is 3.77. The number of methoxy groups -OCH3 is 1. The summed E-state index contributed by atoms with van der Waals surface area (Å²) in [6, 6.07) is 9.34. The Morgan fingerprint density at radius 3 is 2.69 bits per heavy atom. The molecule has 0 aliphatic heterocycles. The number of carbonyl (C=O) groups is 2. The summed E-state index contributed by atoms with van der Waals surface area (Å²) in [4.78, 5) is 23.4. The molecule has 0 unspecified atom stereocenters. The Labute approximate surface area is 148 Å². The minimum Gasteiger partial charge on any atom is -0.497 e. The molecule has 7 heteroatoms. The molecule has 0 atom stereocenters. The Morgan fingerprint density at radius 1 is 1.15 bits per heavy atom. The van der Waals surface area contributed by atoms with Crippen LogP contribution in [0.5, 0.6) is 5.75 Å². The molecular weight excluding hydrogens is 339 g/mol. The second kappa shape index (κ2) is 7.26. The van der Waals surface area contributed by atoms with Crippen LogP contribution >= 0.6 is 0 Å². The number of hydrogen-bond acceptors (Lipinski definition) is 4. The largest absolute Gasteiger partial charge is 0.497 e. The number of furan rings is 1. The van der Waals surface area contributed by atoms with Crippen LogP contribution in [0.25, 0.3) is 11.0 Å². The molecule has 0 saturated heterocycles. The highest BCUT2D eigenvalue weighted by Crippen LogP contribution is 2.26. The lowest BCUT2D eigenvalue weighted by atomic mass is 10.1. The van der Waals surface area contributed by atoms with Gasteiger partial charge in [0.05, 0.1) is 25.5 Å². The summed E-state index contributed by atoms with van der Waals surface area (Å²) in [5.74, 6) is -0.593. The van der Waals surface area contributed by atoms with E-state index in [9.17, 15) is 14.0 Å². The lowest BCUT2D eigenvalue weighted by molar-refractivity contribution is -0.115. The Balaban J connectivity index is 1.74. The highest BCUT2D eigenvalue weighted by molar-refractivity contribution is 5.96. The fourth-order valence-corrected chi connectivity index (χ4v) is 2.59. The van der Waals surface area contributed by atoms with Gasteiger partial charge in [0.1, 0.15) is 17.1 Å². The van der Waals surface area contributed by atoms with Gasteiger partial charge in [-0.05, 0) is 30.3 Å². The van der Waals surface area contributed by atoms with Gasteiger partial charge in [-0.2, -0.15) is 0 Å². The number of amides is 2. The molecule has 0 saturated carbocycles. The zero-order valence-corrected chi connectivity index (χ0v) is 14.3. The first-order valence-corrected chi connectivity index (χ1v) is 7.87. The molecule has 134 valence electrons. The van der Waals surface area contributed by atoms with Crippen molar-refractivity contribution < 1.29 is 23.1 Å². The molecule has 6 nitrogen and oxygen atoms in total. The summed E-state index contributed by atoms with van der Waals surface area (Å²) in [5.41, 5.74) is 1.75. The maximum atomic E-state index is 13.7. The molecule has 0 radical (unpaired) electrons. The smallest absolute Gasteiger partial charge is 0.228 e. The van der Waals surface area contributed by atoms with Crippen molar-refractivity contribution in [2.75, 3.05) is 17.7 Å². The number of benzene rings is 2. The van der Waals surface area contributed by atoms with Crippen molar-refractivity contribution in [3.63, 3.8) is 0 Å². The third-order valence-electron chi connectivity index (χ3n) is 3.77. The second-order valence-electron chi connectivity index (χ2n) is 5.72. The lowest BCUT2D eigenvalue weighted by Gasteiger charge is -2.08. The number of nitrogens with one attached hydrogen (secondary N) is 2. The summed E-state index contributed by atoms with van der Waals surface area (Å²) < 4.78 is 24.3. The number of ether oxygens (including phenoxy) is 1. The zero-order chi connectivity index (χ0) is 18.7. The lowest BCUT2D eigenvalue weighted by Crippen LogP contribution is -2.15. The van der Waals surface area contributed by atoms with Crippen LogP contribution in [0, 0.1) is 5.82 Å². The van der Waals surface area contributed by atoms with Crippen LogP contribution in [-0.2, 0) is 16.0 Å². The molecule has 3 aromatic rings. The first-order chi connectivity index (χ1) is 12.5. The molecule has 0 fully saturated rings. The van der Waals surface area contributed by atoms with Crippen molar-refractivity contribution in [3.05, 3.63) is 54.0 Å². The van der Waals surface area contributed by atoms with Crippen LogP contribution < -0.4 is 15.4 Å². The average Bonchev–Trinajstić information content (AvgIpc) is 2.99. The zero-order valence-electron chi connectivity index (χ0n) is 14.3. The number of halogens is 1. The number of carbonyl (C=O) groups excluding carboxylic acids is 2. The molecule has 1 aromatic heterocycles. The van der Waals surface area contributed by atoms with E-state index in [0.29, 0.717) is 17.0 Å². The van der Waals surface area contributed by atoms with E-state index in [1.54, 1.807) is 19.2 Å². The molecule has 2 amide bonds. The van der Waals surface area contributed by atoms with Crippen molar-refractivity contribution in [3.8, 4) is 5.75 Å². The molecule has 3 rings (SSSR count). The standard InChI is InChI=1S/C19H17FN2O4/c1-11(23)21-17-8-13(3-6-16(17)20)22-19(24)7-12-10-26-18-9-14(25-2)4-5-15(12)18/h3-6,8-10H,7H2,1-2H3,(H,21,23)(H,22,24). The van der Waals surface area contributed by atoms with Crippen molar-refractivity contribution in [1.82, 2.24) is 0 Å². The Hall–Kier alpha value is -3.35. The number of fused-ring (bicyclic) bond motifs is 1. The van der Waals surface area contributed by atoms with E-state index in [-0.39, 0.29) is 18.0 Å². The van der Waals surface area contributed by atoms with Gasteiger partial charge in [-0.25, -0.2) is 4.39 Å². The summed E-state index contributed by atoms with van der Waals surface area (Å²) >= 11 is 0. The average molecular weight is 356 g/mol. The minimum absolute atomic E-state index is 0.0103. The predicted octanol–water partition coefficient (Wildman–Crippen LogP) is 3.72. The van der Waals surface area contributed by atoms with Crippen molar-refractivity contribution in [2.24, 2.45) is 0 Å². The van der Waals surface area contributed by atoms with Gasteiger partial charge in [0.2, 0.25) is 11.8 Å². The van der Waals surface area contributed by atoms with E-state index in [1.165, 1.54) is 31.4 Å². The van der Waals surface area contributed by atoms with Crippen molar-refractivity contribution in [2.45, 2.75) is 13.3 Å². The third kappa shape index (κ3) is 3.83. The van der Waals surface area contributed by atoms with Crippen molar-refractivity contribution in [1.29, 1.82) is 0 Å². The first-order valence-electron chi connectivity index (χ1n) is 7.87. The van der Waals surface area contributed by atoms with Crippen LogP contribution in [-0.4, -0.2) is 18.9 Å². The molecule has 0 bridgehead atoms. The van der Waals surface area contributed by atoms with Crippen LogP contribution in [0.3, 0.4) is 0 Å². The molecule has 0 spiro atoms. The van der Waals surface area contributed by atoms with Crippen LogP contribution in [0.1, 0.15) is 12.5 Å². The molecule has 1 heterocycles. The Kier molecular flexibility index (Phi) is 4.88. The van der Waals surface area contributed by atoms with Gasteiger partial charge in [0, 0.05) is 29.6 Å². The predicted molar refractivity (Wildman–Crippen MR) is 95.8 cm³/mol. The number of anilines is 2. The van der Waals surface area contributed by atoms with Gasteiger partial charge >= 0.3 is 0 Å². The van der Waals surface area contributed by atoms with Crippen LogP contribution in [0.4, 0.5) is 15.8 Å². The van der Waals surface area contributed by atoms with Crippen LogP contribution in [0.2, 0.25) is 0 Å². The fourth-order valence-electron chi connectivity index (χ4n) is 2.59. The Morgan fingerprint density at radius 2 is 1.96 bits per heavy atom. The topological polar surface area (TPSA) is 80.6 Å².